The SMILES string of the molecule is COc1ccc(S(=O)(=O)N2C[C@H](C(=O)NCC3CCCCC3)Oc3ccc(Cl)cc32)cc1. The summed E-state index contributed by atoms with van der Waals surface area (Å²) in [4.78, 5) is 13.0. The van der Waals surface area contributed by atoms with Gasteiger partial charge in [0.15, 0.2) is 6.10 Å². The van der Waals surface area contributed by atoms with E-state index < -0.39 is 16.1 Å². The number of anilines is 1. The molecule has 0 spiro atoms. The van der Waals surface area contributed by atoms with Crippen LogP contribution < -0.4 is 19.1 Å². The molecular formula is C23H27ClN2O5S. The van der Waals surface area contributed by atoms with E-state index in [9.17, 15) is 13.2 Å². The summed E-state index contributed by atoms with van der Waals surface area (Å²) in [6.07, 6.45) is 4.86. The topological polar surface area (TPSA) is 84.9 Å². The van der Waals surface area contributed by atoms with Gasteiger partial charge in [-0.2, -0.15) is 0 Å². The van der Waals surface area contributed by atoms with Gasteiger partial charge in [0, 0.05) is 11.6 Å². The number of benzene rings is 2. The van der Waals surface area contributed by atoms with Crippen molar-refractivity contribution in [3.8, 4) is 11.5 Å². The van der Waals surface area contributed by atoms with Gasteiger partial charge < -0.3 is 14.8 Å². The molecule has 1 fully saturated rings. The number of ether oxygens (including phenoxy) is 2. The fourth-order valence-corrected chi connectivity index (χ4v) is 5.85. The predicted molar refractivity (Wildman–Crippen MR) is 123 cm³/mol. The lowest BCUT2D eigenvalue weighted by atomic mass is 9.89. The molecule has 1 saturated carbocycles. The summed E-state index contributed by atoms with van der Waals surface area (Å²) >= 11 is 6.14. The maximum atomic E-state index is 13.5. The Morgan fingerprint density at radius 2 is 1.88 bits per heavy atom. The highest BCUT2D eigenvalue weighted by molar-refractivity contribution is 7.92. The molecule has 0 saturated heterocycles. The number of nitrogens with one attached hydrogen (secondary N) is 1. The van der Waals surface area contributed by atoms with Crippen LogP contribution in [0.4, 0.5) is 5.69 Å². The smallest absolute Gasteiger partial charge is 0.264 e. The number of carbonyl (C=O) groups is 1. The van der Waals surface area contributed by atoms with E-state index in [2.05, 4.69) is 5.32 Å². The summed E-state index contributed by atoms with van der Waals surface area (Å²) in [5.41, 5.74) is 0.310. The first-order valence-corrected chi connectivity index (χ1v) is 12.6. The monoisotopic (exact) mass is 478 g/mol. The van der Waals surface area contributed by atoms with Crippen molar-refractivity contribution in [2.45, 2.75) is 43.1 Å². The Hall–Kier alpha value is -2.45. The molecule has 0 radical (unpaired) electrons. The Morgan fingerprint density at radius 3 is 2.56 bits per heavy atom. The van der Waals surface area contributed by atoms with Crippen molar-refractivity contribution >= 4 is 33.2 Å². The molecule has 4 rings (SSSR count). The lowest BCUT2D eigenvalue weighted by Gasteiger charge is -2.35. The van der Waals surface area contributed by atoms with Crippen molar-refractivity contribution in [3.05, 3.63) is 47.5 Å². The first-order valence-electron chi connectivity index (χ1n) is 10.8. The zero-order valence-electron chi connectivity index (χ0n) is 17.9. The molecule has 0 unspecified atom stereocenters. The normalized spacial score (nSPS) is 19.1. The number of hydrogen-bond acceptors (Lipinski definition) is 5. The van der Waals surface area contributed by atoms with E-state index in [4.69, 9.17) is 21.1 Å². The van der Waals surface area contributed by atoms with Gasteiger partial charge in [-0.05, 0) is 61.2 Å². The molecule has 7 nitrogen and oxygen atoms in total. The molecule has 1 heterocycles. The fourth-order valence-electron chi connectivity index (χ4n) is 4.21. The summed E-state index contributed by atoms with van der Waals surface area (Å²) < 4.78 is 39.2. The van der Waals surface area contributed by atoms with Crippen LogP contribution in [0.1, 0.15) is 32.1 Å². The zero-order chi connectivity index (χ0) is 22.7. The van der Waals surface area contributed by atoms with E-state index in [1.165, 1.54) is 48.9 Å². The molecule has 1 atom stereocenters. The van der Waals surface area contributed by atoms with E-state index in [0.717, 1.165) is 12.8 Å². The molecule has 172 valence electrons. The van der Waals surface area contributed by atoms with Crippen molar-refractivity contribution in [1.29, 1.82) is 0 Å². The van der Waals surface area contributed by atoms with Crippen molar-refractivity contribution in [1.82, 2.24) is 5.32 Å². The number of sulfonamides is 1. The summed E-state index contributed by atoms with van der Waals surface area (Å²) in [7, 11) is -2.45. The van der Waals surface area contributed by atoms with Crippen LogP contribution >= 0.6 is 11.6 Å². The first kappa shape index (κ1) is 22.7. The second kappa shape index (κ2) is 9.58. The van der Waals surface area contributed by atoms with Crippen LogP contribution in [0.3, 0.4) is 0 Å². The summed E-state index contributed by atoms with van der Waals surface area (Å²) in [5, 5.41) is 3.34. The fraction of sp³-hybridized carbons (Fsp3) is 0.435. The summed E-state index contributed by atoms with van der Waals surface area (Å²) in [6, 6.07) is 10.9. The Balaban J connectivity index is 1.59. The van der Waals surface area contributed by atoms with Crippen LogP contribution in [-0.4, -0.2) is 40.6 Å². The number of hydrogen-bond donors (Lipinski definition) is 1. The maximum Gasteiger partial charge on any atom is 0.264 e. The molecule has 1 aliphatic carbocycles. The number of carbonyl (C=O) groups excluding carboxylic acids is 1. The van der Waals surface area contributed by atoms with E-state index in [1.54, 1.807) is 24.3 Å². The summed E-state index contributed by atoms with van der Waals surface area (Å²) in [6.45, 7) is 0.440. The van der Waals surface area contributed by atoms with Crippen molar-refractivity contribution in [2.24, 2.45) is 5.92 Å². The zero-order valence-corrected chi connectivity index (χ0v) is 19.5. The average molecular weight is 479 g/mol. The van der Waals surface area contributed by atoms with Crippen molar-refractivity contribution in [3.63, 3.8) is 0 Å². The van der Waals surface area contributed by atoms with Gasteiger partial charge >= 0.3 is 0 Å². The number of rotatable bonds is 6. The van der Waals surface area contributed by atoms with E-state index in [0.29, 0.717) is 34.7 Å². The van der Waals surface area contributed by atoms with E-state index in [1.807, 2.05) is 0 Å². The third-order valence-electron chi connectivity index (χ3n) is 6.02. The molecule has 0 aromatic heterocycles. The molecule has 1 amide bonds. The minimum atomic E-state index is -3.96. The second-order valence-electron chi connectivity index (χ2n) is 8.18. The van der Waals surface area contributed by atoms with Crippen LogP contribution in [-0.2, 0) is 14.8 Å². The standard InChI is InChI=1S/C23H27ClN2O5S/c1-30-18-8-10-19(11-9-18)32(28,29)26-15-22(31-21-12-7-17(24)13-20(21)26)23(27)25-14-16-5-3-2-4-6-16/h7-13,16,22H,2-6,14-15H2,1H3,(H,25,27)/t22-/m1/s1. The molecule has 2 aromatic rings. The van der Waals surface area contributed by atoms with Crippen LogP contribution in [0.15, 0.2) is 47.4 Å². The molecular weight excluding hydrogens is 452 g/mol. The van der Waals surface area contributed by atoms with Gasteiger partial charge in [0.2, 0.25) is 0 Å². The number of methoxy groups -OCH3 is 1. The lowest BCUT2D eigenvalue weighted by Crippen LogP contribution is -2.51. The van der Waals surface area contributed by atoms with Gasteiger partial charge in [-0.15, -0.1) is 0 Å². The summed E-state index contributed by atoms with van der Waals surface area (Å²) in [5.74, 6) is 0.998. The van der Waals surface area contributed by atoms with Crippen LogP contribution in [0.2, 0.25) is 5.02 Å². The van der Waals surface area contributed by atoms with Crippen LogP contribution in [0, 0.1) is 5.92 Å². The third-order valence-corrected chi connectivity index (χ3v) is 8.05. The van der Waals surface area contributed by atoms with Gasteiger partial charge in [-0.3, -0.25) is 9.10 Å². The number of amides is 1. The minimum Gasteiger partial charge on any atom is -0.497 e. The third kappa shape index (κ3) is 4.81. The Bertz CT molecular complexity index is 1070. The van der Waals surface area contributed by atoms with Crippen LogP contribution in [0.25, 0.3) is 0 Å². The molecule has 2 aromatic carbocycles. The van der Waals surface area contributed by atoms with Gasteiger partial charge in [0.05, 0.1) is 24.2 Å². The largest absolute Gasteiger partial charge is 0.497 e. The number of halogens is 1. The van der Waals surface area contributed by atoms with Gasteiger partial charge in [-0.25, -0.2) is 8.42 Å². The van der Waals surface area contributed by atoms with Crippen LogP contribution in [0.5, 0.6) is 11.5 Å². The number of fused-ring (bicyclic) bond motifs is 1. The van der Waals surface area contributed by atoms with Gasteiger partial charge in [-0.1, -0.05) is 30.9 Å². The molecule has 1 aliphatic heterocycles. The molecule has 9 heteroatoms. The highest BCUT2D eigenvalue weighted by Gasteiger charge is 2.38. The predicted octanol–water partition coefficient (Wildman–Crippen LogP) is 4.00. The lowest BCUT2D eigenvalue weighted by molar-refractivity contribution is -0.128. The highest BCUT2D eigenvalue weighted by Crippen LogP contribution is 2.39. The maximum absolute atomic E-state index is 13.5. The molecule has 0 bridgehead atoms. The van der Waals surface area contributed by atoms with E-state index in [-0.39, 0.29) is 17.3 Å². The Labute approximate surface area is 193 Å². The minimum absolute atomic E-state index is 0.0903. The quantitative estimate of drug-likeness (QED) is 0.678. The van der Waals surface area contributed by atoms with Crippen molar-refractivity contribution in [2.75, 3.05) is 24.5 Å². The highest BCUT2D eigenvalue weighted by atomic mass is 35.5. The van der Waals surface area contributed by atoms with Gasteiger partial charge in [0.1, 0.15) is 11.5 Å². The number of nitrogens with zero attached hydrogens (tertiary/aromatic N) is 1. The first-order chi connectivity index (χ1) is 15.4. The molecule has 1 N–H and O–H groups in total. The van der Waals surface area contributed by atoms with Crippen molar-refractivity contribution < 1.29 is 22.7 Å². The Morgan fingerprint density at radius 1 is 1.16 bits per heavy atom. The average Bonchev–Trinajstić information content (AvgIpc) is 2.82. The second-order valence-corrected chi connectivity index (χ2v) is 10.5. The van der Waals surface area contributed by atoms with E-state index >= 15 is 0 Å². The van der Waals surface area contributed by atoms with Gasteiger partial charge in [0.25, 0.3) is 15.9 Å². The molecule has 32 heavy (non-hydrogen) atoms. The Kier molecular flexibility index (Phi) is 6.81. The molecule has 2 aliphatic rings.